The van der Waals surface area contributed by atoms with Crippen molar-refractivity contribution < 1.29 is 39.5 Å². The largest absolute Gasteiger partial charge is 1.00 e. The second-order valence-electron chi connectivity index (χ2n) is 2.29. The predicted octanol–water partition coefficient (Wildman–Crippen LogP) is -0.946. The average molecular weight is 239 g/mol. The molecule has 1 aromatic carbocycles. The van der Waals surface area contributed by atoms with E-state index >= 15 is 0 Å². The number of carbonyl (C=O) groups is 1. The van der Waals surface area contributed by atoms with Gasteiger partial charge in [0.25, 0.3) is 0 Å². The van der Waals surface area contributed by atoms with Gasteiger partial charge in [0, 0.05) is 10.6 Å². The van der Waals surface area contributed by atoms with E-state index in [0.717, 1.165) is 6.08 Å². The van der Waals surface area contributed by atoms with Crippen LogP contribution >= 0.6 is 23.2 Å². The minimum absolute atomic E-state index is 0. The predicted molar refractivity (Wildman–Crippen MR) is 49.9 cm³/mol. The van der Waals surface area contributed by atoms with Crippen LogP contribution in [0.3, 0.4) is 0 Å². The molecule has 68 valence electrons. The van der Waals surface area contributed by atoms with E-state index in [1.54, 1.807) is 6.07 Å². The van der Waals surface area contributed by atoms with E-state index < -0.39 is 5.78 Å². The number of benzene rings is 1. The van der Waals surface area contributed by atoms with Crippen LogP contribution < -0.4 is 34.7 Å². The second-order valence-corrected chi connectivity index (χ2v) is 3.13. The van der Waals surface area contributed by atoms with Crippen molar-refractivity contribution in [2.75, 3.05) is 0 Å². The molecular weight excluding hydrogens is 234 g/mol. The molecule has 2 nitrogen and oxygen atoms in total. The molecule has 0 radical (unpaired) electrons. The van der Waals surface area contributed by atoms with E-state index in [2.05, 4.69) is 0 Å². The van der Waals surface area contributed by atoms with Gasteiger partial charge in [-0.05, 0) is 24.3 Å². The summed E-state index contributed by atoms with van der Waals surface area (Å²) in [6.07, 6.45) is 1.32. The molecular formula is C9H5Cl2NaO2. The molecule has 0 heterocycles. The third kappa shape index (κ3) is 3.64. The van der Waals surface area contributed by atoms with Crippen LogP contribution in [0.5, 0.6) is 0 Å². The van der Waals surface area contributed by atoms with Crippen LogP contribution in [0, 0.1) is 0 Å². The molecule has 0 bridgehead atoms. The fraction of sp³-hybridized carbons (Fsp3) is 0. The van der Waals surface area contributed by atoms with Gasteiger partial charge in [0.2, 0.25) is 0 Å². The van der Waals surface area contributed by atoms with E-state index in [4.69, 9.17) is 23.2 Å². The first-order valence-corrected chi connectivity index (χ1v) is 4.18. The van der Waals surface area contributed by atoms with Gasteiger partial charge in [0.15, 0.2) is 5.78 Å². The molecule has 1 aromatic rings. The van der Waals surface area contributed by atoms with Gasteiger partial charge in [0.05, 0.1) is 5.02 Å². The molecule has 0 unspecified atom stereocenters. The zero-order chi connectivity index (χ0) is 9.84. The van der Waals surface area contributed by atoms with Crippen LogP contribution in [-0.4, -0.2) is 5.78 Å². The third-order valence-corrected chi connectivity index (χ3v) is 1.98. The van der Waals surface area contributed by atoms with Crippen molar-refractivity contribution in [3.8, 4) is 0 Å². The smallest absolute Gasteiger partial charge is 0.878 e. The molecule has 0 aliphatic rings. The van der Waals surface area contributed by atoms with Crippen molar-refractivity contribution in [1.29, 1.82) is 0 Å². The maximum atomic E-state index is 11.2. The number of hydrogen-bond acceptors (Lipinski definition) is 2. The molecule has 0 spiro atoms. The first-order chi connectivity index (χ1) is 6.15. The molecule has 0 aliphatic carbocycles. The van der Waals surface area contributed by atoms with Crippen molar-refractivity contribution in [2.45, 2.75) is 0 Å². The van der Waals surface area contributed by atoms with Crippen molar-refractivity contribution in [1.82, 2.24) is 0 Å². The Morgan fingerprint density at radius 1 is 1.36 bits per heavy atom. The Balaban J connectivity index is 0.00000169. The molecule has 0 N–H and O–H groups in total. The maximum Gasteiger partial charge on any atom is 1.00 e. The molecule has 0 fully saturated rings. The average Bonchev–Trinajstić information content (AvgIpc) is 2.09. The van der Waals surface area contributed by atoms with Crippen LogP contribution in [0.1, 0.15) is 10.4 Å². The summed E-state index contributed by atoms with van der Waals surface area (Å²) in [6.45, 7) is 0. The molecule has 0 aromatic heterocycles. The Labute approximate surface area is 114 Å². The summed E-state index contributed by atoms with van der Waals surface area (Å²) < 4.78 is 0. The van der Waals surface area contributed by atoms with Gasteiger partial charge in [-0.25, -0.2) is 0 Å². The topological polar surface area (TPSA) is 40.1 Å². The minimum atomic E-state index is -0.442. The molecule has 0 aliphatic heterocycles. The summed E-state index contributed by atoms with van der Waals surface area (Å²) in [6, 6.07) is 4.50. The van der Waals surface area contributed by atoms with E-state index in [-0.39, 0.29) is 40.1 Å². The Morgan fingerprint density at radius 3 is 2.57 bits per heavy atom. The summed E-state index contributed by atoms with van der Waals surface area (Å²) in [7, 11) is 0. The molecule has 14 heavy (non-hydrogen) atoms. The van der Waals surface area contributed by atoms with Crippen molar-refractivity contribution in [2.24, 2.45) is 0 Å². The standard InChI is InChI=1S/C9H6Cl2O2.Na/c10-6-1-2-8(11)7(5-6)9(13)3-4-12;/h1-5,12H;/q;+1/p-1/b4-3+;. The maximum absolute atomic E-state index is 11.2. The van der Waals surface area contributed by atoms with Crippen LogP contribution in [-0.2, 0) is 0 Å². The first kappa shape index (κ1) is 14.0. The van der Waals surface area contributed by atoms with E-state index in [9.17, 15) is 9.90 Å². The summed E-state index contributed by atoms with van der Waals surface area (Å²) in [5.74, 6) is -0.442. The van der Waals surface area contributed by atoms with Crippen molar-refractivity contribution >= 4 is 29.0 Å². The van der Waals surface area contributed by atoms with Crippen molar-refractivity contribution in [3.63, 3.8) is 0 Å². The van der Waals surface area contributed by atoms with E-state index in [1.807, 2.05) is 0 Å². The Kier molecular flexibility index (Phi) is 6.49. The number of allylic oxidation sites excluding steroid dienone is 1. The molecule has 0 saturated carbocycles. The van der Waals surface area contributed by atoms with Crippen LogP contribution in [0.25, 0.3) is 0 Å². The number of rotatable bonds is 2. The Bertz CT molecular complexity index is 364. The van der Waals surface area contributed by atoms with Gasteiger partial charge in [-0.15, -0.1) is 6.26 Å². The molecule has 0 atom stereocenters. The van der Waals surface area contributed by atoms with Crippen LogP contribution in [0.15, 0.2) is 30.5 Å². The van der Waals surface area contributed by atoms with Crippen LogP contribution in [0.4, 0.5) is 0 Å². The summed E-state index contributed by atoms with van der Waals surface area (Å²) >= 11 is 11.4. The van der Waals surface area contributed by atoms with Gasteiger partial charge in [-0.2, -0.15) is 0 Å². The fourth-order valence-corrected chi connectivity index (χ4v) is 1.22. The first-order valence-electron chi connectivity index (χ1n) is 3.43. The number of carbonyl (C=O) groups excluding carboxylic acids is 1. The zero-order valence-corrected chi connectivity index (χ0v) is 11.0. The monoisotopic (exact) mass is 238 g/mol. The normalized spacial score (nSPS) is 9.86. The van der Waals surface area contributed by atoms with Crippen LogP contribution in [0.2, 0.25) is 10.0 Å². The van der Waals surface area contributed by atoms with Crippen molar-refractivity contribution in [3.05, 3.63) is 46.1 Å². The Morgan fingerprint density at radius 2 is 2.00 bits per heavy atom. The summed E-state index contributed by atoms with van der Waals surface area (Å²) in [4.78, 5) is 11.2. The minimum Gasteiger partial charge on any atom is -0.878 e. The summed E-state index contributed by atoms with van der Waals surface area (Å²) in [5, 5.41) is 10.7. The number of hydrogen-bond donors (Lipinski definition) is 0. The molecule has 0 amide bonds. The molecule has 5 heteroatoms. The summed E-state index contributed by atoms with van der Waals surface area (Å²) in [5.41, 5.74) is 0.237. The second kappa shape index (κ2) is 6.49. The SMILES string of the molecule is O=C(/C=C/[O-])c1cc(Cl)ccc1Cl.[Na+]. The fourth-order valence-electron chi connectivity index (χ4n) is 0.838. The van der Waals surface area contributed by atoms with E-state index in [0.29, 0.717) is 11.3 Å². The van der Waals surface area contributed by atoms with Gasteiger partial charge < -0.3 is 5.11 Å². The van der Waals surface area contributed by atoms with Gasteiger partial charge in [-0.1, -0.05) is 23.2 Å². The third-order valence-electron chi connectivity index (χ3n) is 1.41. The number of halogens is 2. The zero-order valence-electron chi connectivity index (χ0n) is 7.46. The molecule has 0 saturated heterocycles. The molecule has 1 rings (SSSR count). The quantitative estimate of drug-likeness (QED) is 0.289. The van der Waals surface area contributed by atoms with Gasteiger partial charge >= 0.3 is 29.6 Å². The number of ketones is 1. The van der Waals surface area contributed by atoms with Gasteiger partial charge in [0.1, 0.15) is 0 Å². The van der Waals surface area contributed by atoms with Gasteiger partial charge in [-0.3, -0.25) is 4.79 Å². The van der Waals surface area contributed by atoms with E-state index in [1.165, 1.54) is 12.1 Å². The Hall–Kier alpha value is 0.0100.